The molecule has 1 aliphatic rings. The summed E-state index contributed by atoms with van der Waals surface area (Å²) in [5.41, 5.74) is 2.76. The molecule has 1 unspecified atom stereocenters. The maximum absolute atomic E-state index is 4.38. The SMILES string of the molecule is Cc1ccc(C(NCCc2nccn2C)C2CC2)cc1. The van der Waals surface area contributed by atoms with Crippen LogP contribution in [0.4, 0.5) is 0 Å². The number of aryl methyl sites for hydroxylation is 2. The van der Waals surface area contributed by atoms with Gasteiger partial charge in [-0.05, 0) is 31.2 Å². The smallest absolute Gasteiger partial charge is 0.109 e. The number of imidazole rings is 1. The summed E-state index contributed by atoms with van der Waals surface area (Å²) in [6.07, 6.45) is 7.57. The van der Waals surface area contributed by atoms with Crippen LogP contribution < -0.4 is 5.32 Å². The van der Waals surface area contributed by atoms with Gasteiger partial charge in [-0.1, -0.05) is 29.8 Å². The number of hydrogen-bond donors (Lipinski definition) is 1. The molecule has 1 aliphatic carbocycles. The quantitative estimate of drug-likeness (QED) is 0.873. The van der Waals surface area contributed by atoms with E-state index in [1.54, 1.807) is 0 Å². The van der Waals surface area contributed by atoms with Crippen LogP contribution in [0.15, 0.2) is 36.7 Å². The average Bonchev–Trinajstić information content (AvgIpc) is 3.20. The van der Waals surface area contributed by atoms with Crippen LogP contribution in [0.5, 0.6) is 0 Å². The zero-order valence-corrected chi connectivity index (χ0v) is 12.3. The third-order valence-electron chi connectivity index (χ3n) is 4.16. The van der Waals surface area contributed by atoms with E-state index in [1.807, 2.05) is 12.4 Å². The monoisotopic (exact) mass is 269 g/mol. The topological polar surface area (TPSA) is 29.9 Å². The molecule has 0 radical (unpaired) electrons. The van der Waals surface area contributed by atoms with Gasteiger partial charge in [0.15, 0.2) is 0 Å². The lowest BCUT2D eigenvalue weighted by atomic mass is 10.0. The van der Waals surface area contributed by atoms with Gasteiger partial charge in [0.1, 0.15) is 5.82 Å². The number of nitrogens with one attached hydrogen (secondary N) is 1. The van der Waals surface area contributed by atoms with Crippen LogP contribution in [-0.2, 0) is 13.5 Å². The van der Waals surface area contributed by atoms with Gasteiger partial charge in [-0.3, -0.25) is 0 Å². The van der Waals surface area contributed by atoms with E-state index in [0.717, 1.165) is 24.7 Å². The minimum absolute atomic E-state index is 0.510. The summed E-state index contributed by atoms with van der Waals surface area (Å²) >= 11 is 0. The van der Waals surface area contributed by atoms with E-state index >= 15 is 0 Å². The second-order valence-corrected chi connectivity index (χ2v) is 5.88. The molecular formula is C17H23N3. The summed E-state index contributed by atoms with van der Waals surface area (Å²) in [4.78, 5) is 4.38. The molecule has 1 fully saturated rings. The fourth-order valence-electron chi connectivity index (χ4n) is 2.74. The van der Waals surface area contributed by atoms with Crippen molar-refractivity contribution in [1.82, 2.24) is 14.9 Å². The largest absolute Gasteiger partial charge is 0.338 e. The summed E-state index contributed by atoms with van der Waals surface area (Å²) in [6.45, 7) is 3.13. The molecule has 0 saturated heterocycles. The van der Waals surface area contributed by atoms with E-state index in [9.17, 15) is 0 Å². The van der Waals surface area contributed by atoms with Gasteiger partial charge < -0.3 is 9.88 Å². The molecule has 0 bridgehead atoms. The first kappa shape index (κ1) is 13.4. The van der Waals surface area contributed by atoms with Gasteiger partial charge in [-0.25, -0.2) is 4.98 Å². The molecule has 0 spiro atoms. The number of hydrogen-bond acceptors (Lipinski definition) is 2. The van der Waals surface area contributed by atoms with E-state index in [1.165, 1.54) is 24.0 Å². The van der Waals surface area contributed by atoms with Gasteiger partial charge in [-0.15, -0.1) is 0 Å². The number of nitrogens with zero attached hydrogens (tertiary/aromatic N) is 2. The van der Waals surface area contributed by atoms with Gasteiger partial charge in [0.05, 0.1) is 0 Å². The molecule has 20 heavy (non-hydrogen) atoms. The Kier molecular flexibility index (Phi) is 3.88. The molecule has 0 aliphatic heterocycles. The Morgan fingerprint density at radius 3 is 2.65 bits per heavy atom. The summed E-state index contributed by atoms with van der Waals surface area (Å²) < 4.78 is 2.10. The van der Waals surface area contributed by atoms with E-state index in [-0.39, 0.29) is 0 Å². The van der Waals surface area contributed by atoms with Crippen molar-refractivity contribution in [2.24, 2.45) is 13.0 Å². The van der Waals surface area contributed by atoms with Crippen LogP contribution in [0.1, 0.15) is 35.8 Å². The van der Waals surface area contributed by atoms with Crippen molar-refractivity contribution in [1.29, 1.82) is 0 Å². The zero-order valence-electron chi connectivity index (χ0n) is 12.3. The van der Waals surface area contributed by atoms with Crippen LogP contribution in [0.3, 0.4) is 0 Å². The lowest BCUT2D eigenvalue weighted by molar-refractivity contribution is 0.479. The Hall–Kier alpha value is -1.61. The fourth-order valence-corrected chi connectivity index (χ4v) is 2.74. The van der Waals surface area contributed by atoms with Gasteiger partial charge in [0, 0.05) is 38.4 Å². The highest BCUT2D eigenvalue weighted by Gasteiger charge is 2.31. The van der Waals surface area contributed by atoms with Crippen LogP contribution in [0, 0.1) is 12.8 Å². The molecule has 3 rings (SSSR count). The molecule has 3 nitrogen and oxygen atoms in total. The minimum Gasteiger partial charge on any atom is -0.338 e. The Morgan fingerprint density at radius 1 is 1.30 bits per heavy atom. The van der Waals surface area contributed by atoms with Crippen molar-refractivity contribution in [2.75, 3.05) is 6.54 Å². The molecular weight excluding hydrogens is 246 g/mol. The maximum atomic E-state index is 4.38. The van der Waals surface area contributed by atoms with Crippen molar-refractivity contribution in [3.8, 4) is 0 Å². The highest BCUT2D eigenvalue weighted by molar-refractivity contribution is 5.25. The highest BCUT2D eigenvalue weighted by Crippen LogP contribution is 2.40. The van der Waals surface area contributed by atoms with E-state index in [2.05, 4.69) is 53.1 Å². The van der Waals surface area contributed by atoms with Crippen molar-refractivity contribution >= 4 is 0 Å². The highest BCUT2D eigenvalue weighted by atomic mass is 15.0. The Balaban J connectivity index is 1.60. The van der Waals surface area contributed by atoms with Gasteiger partial charge in [0.25, 0.3) is 0 Å². The van der Waals surface area contributed by atoms with Crippen LogP contribution in [-0.4, -0.2) is 16.1 Å². The maximum Gasteiger partial charge on any atom is 0.109 e. The average molecular weight is 269 g/mol. The predicted octanol–water partition coefficient (Wildman–Crippen LogP) is 3.01. The molecule has 106 valence electrons. The van der Waals surface area contributed by atoms with E-state index in [0.29, 0.717) is 6.04 Å². The van der Waals surface area contributed by atoms with Crippen molar-refractivity contribution in [3.63, 3.8) is 0 Å². The molecule has 0 amide bonds. The third kappa shape index (κ3) is 3.10. The summed E-state index contributed by atoms with van der Waals surface area (Å²) in [7, 11) is 2.06. The third-order valence-corrected chi connectivity index (χ3v) is 4.16. The predicted molar refractivity (Wildman–Crippen MR) is 81.6 cm³/mol. The zero-order chi connectivity index (χ0) is 13.9. The van der Waals surface area contributed by atoms with Crippen molar-refractivity contribution in [2.45, 2.75) is 32.2 Å². The minimum atomic E-state index is 0.510. The summed E-state index contributed by atoms with van der Waals surface area (Å²) in [5.74, 6) is 1.97. The standard InChI is InChI=1S/C17H23N3/c1-13-3-5-14(6-4-13)17(15-7-8-15)19-10-9-16-18-11-12-20(16)2/h3-6,11-12,15,17,19H,7-10H2,1-2H3. The molecule has 2 aromatic rings. The van der Waals surface area contributed by atoms with Crippen LogP contribution in [0.2, 0.25) is 0 Å². The second-order valence-electron chi connectivity index (χ2n) is 5.88. The molecule has 1 atom stereocenters. The van der Waals surface area contributed by atoms with E-state index < -0.39 is 0 Å². The molecule has 1 aromatic heterocycles. The van der Waals surface area contributed by atoms with Crippen molar-refractivity contribution in [3.05, 3.63) is 53.6 Å². The Morgan fingerprint density at radius 2 is 2.05 bits per heavy atom. The molecule has 1 N–H and O–H groups in total. The van der Waals surface area contributed by atoms with Crippen LogP contribution in [0.25, 0.3) is 0 Å². The van der Waals surface area contributed by atoms with Crippen LogP contribution >= 0.6 is 0 Å². The van der Waals surface area contributed by atoms with Gasteiger partial charge in [-0.2, -0.15) is 0 Å². The Labute approximate surface area is 121 Å². The summed E-state index contributed by atoms with van der Waals surface area (Å²) in [6, 6.07) is 9.48. The normalized spacial score (nSPS) is 16.3. The lowest BCUT2D eigenvalue weighted by Crippen LogP contribution is -2.26. The fraction of sp³-hybridized carbons (Fsp3) is 0.471. The number of rotatable bonds is 6. The van der Waals surface area contributed by atoms with Gasteiger partial charge >= 0.3 is 0 Å². The first-order chi connectivity index (χ1) is 9.74. The molecule has 1 saturated carbocycles. The first-order valence-electron chi connectivity index (χ1n) is 7.50. The second kappa shape index (κ2) is 5.80. The molecule has 1 aromatic carbocycles. The Bertz CT molecular complexity index is 552. The lowest BCUT2D eigenvalue weighted by Gasteiger charge is -2.19. The molecule has 3 heteroatoms. The number of benzene rings is 1. The first-order valence-corrected chi connectivity index (χ1v) is 7.50. The number of aromatic nitrogens is 2. The summed E-state index contributed by atoms with van der Waals surface area (Å²) in [5, 5.41) is 3.73. The molecule has 1 heterocycles. The van der Waals surface area contributed by atoms with Crippen molar-refractivity contribution < 1.29 is 0 Å². The van der Waals surface area contributed by atoms with E-state index in [4.69, 9.17) is 0 Å². The van der Waals surface area contributed by atoms with Gasteiger partial charge in [0.2, 0.25) is 0 Å².